The number of anilines is 2. The lowest BCUT2D eigenvalue weighted by molar-refractivity contribution is 0.251. The number of nitrogens with zero attached hydrogens (tertiary/aromatic N) is 2. The first-order chi connectivity index (χ1) is 12.2. The van der Waals surface area contributed by atoms with Gasteiger partial charge in [-0.1, -0.05) is 0 Å². The third kappa shape index (κ3) is 3.71. The van der Waals surface area contributed by atoms with E-state index in [9.17, 15) is 4.79 Å². The first-order valence-electron chi connectivity index (χ1n) is 8.71. The Labute approximate surface area is 151 Å². The highest BCUT2D eigenvalue weighted by atomic mass is 32.1. The number of hydrogen-bond acceptors (Lipinski definition) is 5. The van der Waals surface area contributed by atoms with Crippen molar-refractivity contribution in [2.75, 3.05) is 23.3 Å². The first kappa shape index (κ1) is 16.2. The number of carbonyl (C=O) groups excluding carboxylic acids is 1. The number of carbonyl (C=O) groups is 1. The van der Waals surface area contributed by atoms with E-state index >= 15 is 0 Å². The predicted octanol–water partition coefficient (Wildman–Crippen LogP) is 3.39. The molecule has 2 amide bonds. The van der Waals surface area contributed by atoms with Crippen molar-refractivity contribution in [1.82, 2.24) is 10.3 Å². The van der Waals surface area contributed by atoms with E-state index in [1.807, 2.05) is 30.5 Å². The Kier molecular flexibility index (Phi) is 4.48. The fourth-order valence-corrected chi connectivity index (χ4v) is 4.16. The van der Waals surface area contributed by atoms with Gasteiger partial charge in [0.2, 0.25) is 0 Å². The molecule has 0 radical (unpaired) electrons. The van der Waals surface area contributed by atoms with Crippen LogP contribution in [0.2, 0.25) is 0 Å². The van der Waals surface area contributed by atoms with Gasteiger partial charge in [-0.05, 0) is 43.5 Å². The number of fused-ring (bicyclic) bond motifs is 1. The summed E-state index contributed by atoms with van der Waals surface area (Å²) in [5.41, 5.74) is 2.82. The lowest BCUT2D eigenvalue weighted by Crippen LogP contribution is -2.28. The van der Waals surface area contributed by atoms with Crippen LogP contribution in [0.3, 0.4) is 0 Å². The molecule has 4 rings (SSSR count). The van der Waals surface area contributed by atoms with Gasteiger partial charge in [0.05, 0.1) is 12.2 Å². The van der Waals surface area contributed by atoms with Crippen LogP contribution in [0, 0.1) is 0 Å². The summed E-state index contributed by atoms with van der Waals surface area (Å²) in [6.45, 7) is 4.65. The fraction of sp³-hybridized carbons (Fsp3) is 0.444. The monoisotopic (exact) mass is 358 g/mol. The topological polar surface area (TPSA) is 66.5 Å². The summed E-state index contributed by atoms with van der Waals surface area (Å²) in [5, 5.41) is 8.82. The zero-order chi connectivity index (χ0) is 17.2. The summed E-state index contributed by atoms with van der Waals surface area (Å²) in [4.78, 5) is 19.0. The predicted molar refractivity (Wildman–Crippen MR) is 99.7 cm³/mol. The average molecular weight is 358 g/mol. The minimum atomic E-state index is -0.220. The maximum atomic E-state index is 12.1. The molecule has 2 aliphatic heterocycles. The zero-order valence-electron chi connectivity index (χ0n) is 14.2. The van der Waals surface area contributed by atoms with Crippen molar-refractivity contribution in [2.45, 2.75) is 38.8 Å². The molecule has 2 N–H and O–H groups in total. The van der Waals surface area contributed by atoms with Gasteiger partial charge in [0, 0.05) is 30.6 Å². The van der Waals surface area contributed by atoms with Gasteiger partial charge in [0.15, 0.2) is 5.13 Å². The SMILES string of the molecule is C[C@H]1Cc2cc(NC(=O)NCc3csc(N4CCCC4)n3)ccc2O1. The van der Waals surface area contributed by atoms with E-state index in [0.717, 1.165) is 47.3 Å². The van der Waals surface area contributed by atoms with Crippen LogP contribution < -0.4 is 20.3 Å². The summed E-state index contributed by atoms with van der Waals surface area (Å²) in [5.74, 6) is 0.912. The molecule has 7 heteroatoms. The van der Waals surface area contributed by atoms with Crippen molar-refractivity contribution in [3.63, 3.8) is 0 Å². The van der Waals surface area contributed by atoms with Gasteiger partial charge < -0.3 is 20.3 Å². The van der Waals surface area contributed by atoms with Crippen LogP contribution >= 0.6 is 11.3 Å². The van der Waals surface area contributed by atoms with E-state index < -0.39 is 0 Å². The van der Waals surface area contributed by atoms with Crippen LogP contribution in [-0.2, 0) is 13.0 Å². The van der Waals surface area contributed by atoms with Crippen molar-refractivity contribution in [2.24, 2.45) is 0 Å². The molecule has 1 aromatic carbocycles. The van der Waals surface area contributed by atoms with Crippen LogP contribution in [0.1, 0.15) is 31.0 Å². The van der Waals surface area contributed by atoms with Gasteiger partial charge >= 0.3 is 6.03 Å². The van der Waals surface area contributed by atoms with E-state index in [1.165, 1.54) is 12.8 Å². The summed E-state index contributed by atoms with van der Waals surface area (Å²) < 4.78 is 5.68. The van der Waals surface area contributed by atoms with Crippen molar-refractivity contribution >= 4 is 28.2 Å². The Morgan fingerprint density at radius 3 is 3.08 bits per heavy atom. The summed E-state index contributed by atoms with van der Waals surface area (Å²) in [6.07, 6.45) is 3.55. The van der Waals surface area contributed by atoms with Gasteiger partial charge in [-0.3, -0.25) is 0 Å². The molecule has 0 bridgehead atoms. The van der Waals surface area contributed by atoms with Crippen LogP contribution in [0.5, 0.6) is 5.75 Å². The zero-order valence-corrected chi connectivity index (χ0v) is 15.1. The Morgan fingerprint density at radius 2 is 2.24 bits per heavy atom. The average Bonchev–Trinajstić information content (AvgIpc) is 3.32. The maximum absolute atomic E-state index is 12.1. The quantitative estimate of drug-likeness (QED) is 0.879. The minimum absolute atomic E-state index is 0.202. The van der Waals surface area contributed by atoms with Gasteiger partial charge in [0.1, 0.15) is 11.9 Å². The number of ether oxygens (including phenoxy) is 1. The van der Waals surface area contributed by atoms with Crippen molar-refractivity contribution in [3.05, 3.63) is 34.8 Å². The Bertz CT molecular complexity index is 770. The molecular formula is C18H22N4O2S. The molecule has 1 fully saturated rings. The van der Waals surface area contributed by atoms with Gasteiger partial charge in [-0.2, -0.15) is 0 Å². The molecular weight excluding hydrogens is 336 g/mol. The highest BCUT2D eigenvalue weighted by Crippen LogP contribution is 2.31. The van der Waals surface area contributed by atoms with Gasteiger partial charge in [0.25, 0.3) is 0 Å². The van der Waals surface area contributed by atoms with E-state index in [1.54, 1.807) is 11.3 Å². The first-order valence-corrected chi connectivity index (χ1v) is 9.59. The number of nitrogens with one attached hydrogen (secondary N) is 2. The molecule has 0 saturated carbocycles. The van der Waals surface area contributed by atoms with Crippen molar-refractivity contribution in [1.29, 1.82) is 0 Å². The number of benzene rings is 1. The molecule has 2 aliphatic rings. The highest BCUT2D eigenvalue weighted by Gasteiger charge is 2.19. The smallest absolute Gasteiger partial charge is 0.319 e. The summed E-state index contributed by atoms with van der Waals surface area (Å²) in [6, 6.07) is 5.54. The Balaban J connectivity index is 1.30. The molecule has 3 heterocycles. The van der Waals surface area contributed by atoms with Crippen LogP contribution in [0.4, 0.5) is 15.6 Å². The second kappa shape index (κ2) is 6.92. The van der Waals surface area contributed by atoms with E-state index in [-0.39, 0.29) is 12.1 Å². The number of thiazole rings is 1. The summed E-state index contributed by atoms with van der Waals surface area (Å²) >= 11 is 1.65. The van der Waals surface area contributed by atoms with E-state index in [0.29, 0.717) is 6.54 Å². The third-order valence-electron chi connectivity index (χ3n) is 4.50. The number of hydrogen-bond donors (Lipinski definition) is 2. The van der Waals surface area contributed by atoms with Crippen molar-refractivity contribution in [3.8, 4) is 5.75 Å². The van der Waals surface area contributed by atoms with E-state index in [2.05, 4.69) is 20.5 Å². The third-order valence-corrected chi connectivity index (χ3v) is 5.45. The Morgan fingerprint density at radius 1 is 1.40 bits per heavy atom. The molecule has 2 aromatic rings. The summed E-state index contributed by atoms with van der Waals surface area (Å²) in [7, 11) is 0. The Hall–Kier alpha value is -2.28. The van der Waals surface area contributed by atoms with Crippen LogP contribution in [-0.4, -0.2) is 30.2 Å². The molecule has 1 atom stereocenters. The van der Waals surface area contributed by atoms with Crippen LogP contribution in [0.25, 0.3) is 0 Å². The molecule has 1 saturated heterocycles. The molecule has 6 nitrogen and oxygen atoms in total. The van der Waals surface area contributed by atoms with Crippen molar-refractivity contribution < 1.29 is 9.53 Å². The minimum Gasteiger partial charge on any atom is -0.490 e. The number of amides is 2. The number of aromatic nitrogens is 1. The van der Waals surface area contributed by atoms with Gasteiger partial charge in [-0.25, -0.2) is 9.78 Å². The van der Waals surface area contributed by atoms with E-state index in [4.69, 9.17) is 4.74 Å². The highest BCUT2D eigenvalue weighted by molar-refractivity contribution is 7.13. The lowest BCUT2D eigenvalue weighted by Gasteiger charge is -2.12. The molecule has 0 aliphatic carbocycles. The molecule has 0 spiro atoms. The second-order valence-electron chi connectivity index (χ2n) is 6.58. The van der Waals surface area contributed by atoms with Crippen LogP contribution in [0.15, 0.2) is 23.6 Å². The molecule has 1 aromatic heterocycles. The number of urea groups is 1. The second-order valence-corrected chi connectivity index (χ2v) is 7.41. The molecule has 0 unspecified atom stereocenters. The molecule has 25 heavy (non-hydrogen) atoms. The lowest BCUT2D eigenvalue weighted by atomic mass is 10.1. The van der Waals surface area contributed by atoms with Gasteiger partial charge in [-0.15, -0.1) is 11.3 Å². The number of rotatable bonds is 4. The fourth-order valence-electron chi connectivity index (χ4n) is 3.28. The standard InChI is InChI=1S/C18H22N4O2S/c1-12-8-13-9-14(4-5-16(13)24-12)20-17(23)19-10-15-11-25-18(21-15)22-6-2-3-7-22/h4-5,9,11-12H,2-3,6-8,10H2,1H3,(H2,19,20,23)/t12-/m0/s1. The normalized spacial score (nSPS) is 18.8. The maximum Gasteiger partial charge on any atom is 0.319 e. The molecule has 132 valence electrons. The largest absolute Gasteiger partial charge is 0.490 e.